The number of carbonyl (C=O) groups excluding carboxylic acids is 2. The lowest BCUT2D eigenvalue weighted by atomic mass is 10.0. The van der Waals surface area contributed by atoms with Crippen LogP contribution in [0.5, 0.6) is 5.75 Å². The highest BCUT2D eigenvalue weighted by molar-refractivity contribution is 9.10. The lowest BCUT2D eigenvalue weighted by Crippen LogP contribution is -2.56. The third-order valence-corrected chi connectivity index (χ3v) is 7.82. The highest BCUT2D eigenvalue weighted by Crippen LogP contribution is 2.24. The molecule has 1 atom stereocenters. The van der Waals surface area contributed by atoms with E-state index in [2.05, 4.69) is 21.2 Å². The molecule has 1 N–H and O–H groups in total. The summed E-state index contributed by atoms with van der Waals surface area (Å²) >= 11 is 3.44. The molecule has 0 bridgehead atoms. The Morgan fingerprint density at radius 3 is 2.07 bits per heavy atom. The van der Waals surface area contributed by atoms with Gasteiger partial charge in [-0.05, 0) is 75.2 Å². The van der Waals surface area contributed by atoms with E-state index < -0.39 is 34.1 Å². The fraction of sp³-hybridized carbons (Fsp3) is 0.355. The van der Waals surface area contributed by atoms with Gasteiger partial charge >= 0.3 is 0 Å². The van der Waals surface area contributed by atoms with Crippen LogP contribution < -0.4 is 14.4 Å². The third-order valence-electron chi connectivity index (χ3n) is 6.15. The van der Waals surface area contributed by atoms with Crippen LogP contribution in [-0.2, 0) is 32.6 Å². The molecule has 8 nitrogen and oxygen atoms in total. The maximum Gasteiger partial charge on any atom is 0.244 e. The van der Waals surface area contributed by atoms with Crippen LogP contribution in [0.1, 0.15) is 38.8 Å². The number of nitrogens with one attached hydrogen (secondary N) is 1. The van der Waals surface area contributed by atoms with Crippen molar-refractivity contribution < 1.29 is 22.7 Å². The lowest BCUT2D eigenvalue weighted by molar-refractivity contribution is -0.140. The molecule has 10 heteroatoms. The fourth-order valence-corrected chi connectivity index (χ4v) is 5.40. The number of ether oxygens (including phenoxy) is 1. The Balaban J connectivity index is 2.04. The van der Waals surface area contributed by atoms with Gasteiger partial charge in [-0.25, -0.2) is 8.42 Å². The third kappa shape index (κ3) is 9.89. The number of anilines is 1. The number of hydrogen-bond acceptors (Lipinski definition) is 5. The first-order valence-electron chi connectivity index (χ1n) is 13.4. The van der Waals surface area contributed by atoms with Crippen LogP contribution in [0.25, 0.3) is 0 Å². The molecule has 0 saturated carbocycles. The van der Waals surface area contributed by atoms with E-state index in [-0.39, 0.29) is 18.9 Å². The van der Waals surface area contributed by atoms with Crippen LogP contribution in [0.3, 0.4) is 0 Å². The molecule has 0 aliphatic heterocycles. The van der Waals surface area contributed by atoms with Crippen molar-refractivity contribution >= 4 is 43.5 Å². The van der Waals surface area contributed by atoms with Gasteiger partial charge in [-0.3, -0.25) is 13.9 Å². The van der Waals surface area contributed by atoms with Crippen molar-refractivity contribution in [3.8, 4) is 5.75 Å². The maximum atomic E-state index is 14.1. The SMILES string of the molecule is CCOc1ccc(N(CC(=O)N(Cc2ccc(Br)cc2)[C@@H](Cc2ccccc2)C(=O)NC(C)(C)C)S(C)(=O)=O)cc1. The molecule has 220 valence electrons. The molecule has 0 aliphatic rings. The summed E-state index contributed by atoms with van der Waals surface area (Å²) in [6.07, 6.45) is 1.32. The van der Waals surface area contributed by atoms with Gasteiger partial charge in [0, 0.05) is 23.0 Å². The molecule has 0 aliphatic carbocycles. The van der Waals surface area contributed by atoms with Crippen molar-refractivity contribution in [2.24, 2.45) is 0 Å². The average molecular weight is 645 g/mol. The first-order chi connectivity index (χ1) is 19.3. The quantitative estimate of drug-likeness (QED) is 0.294. The topological polar surface area (TPSA) is 96.0 Å². The first-order valence-corrected chi connectivity index (χ1v) is 16.0. The zero-order valence-corrected chi connectivity index (χ0v) is 26.5. The molecule has 0 fully saturated rings. The second-order valence-electron chi connectivity index (χ2n) is 10.8. The molecule has 2 amide bonds. The second-order valence-corrected chi connectivity index (χ2v) is 13.6. The summed E-state index contributed by atoms with van der Waals surface area (Å²) in [6.45, 7) is 7.60. The Morgan fingerprint density at radius 2 is 1.54 bits per heavy atom. The molecule has 3 rings (SSSR count). The summed E-state index contributed by atoms with van der Waals surface area (Å²) in [7, 11) is -3.85. The van der Waals surface area contributed by atoms with Crippen molar-refractivity contribution in [2.45, 2.75) is 52.2 Å². The van der Waals surface area contributed by atoms with E-state index in [9.17, 15) is 18.0 Å². The summed E-state index contributed by atoms with van der Waals surface area (Å²) in [6, 6.07) is 22.6. The van der Waals surface area contributed by atoms with Crippen molar-refractivity contribution in [3.63, 3.8) is 0 Å². The predicted octanol–water partition coefficient (Wildman–Crippen LogP) is 5.17. The number of carbonyl (C=O) groups is 2. The monoisotopic (exact) mass is 643 g/mol. The number of halogens is 1. The Hall–Kier alpha value is -3.37. The number of nitrogens with zero attached hydrogens (tertiary/aromatic N) is 2. The number of amides is 2. The Kier molecular flexibility index (Phi) is 11.0. The second kappa shape index (κ2) is 14.0. The van der Waals surface area contributed by atoms with Gasteiger partial charge in [-0.2, -0.15) is 0 Å². The van der Waals surface area contributed by atoms with Gasteiger partial charge in [0.1, 0.15) is 18.3 Å². The Morgan fingerprint density at radius 1 is 0.927 bits per heavy atom. The highest BCUT2D eigenvalue weighted by Gasteiger charge is 2.34. The van der Waals surface area contributed by atoms with Crippen LogP contribution >= 0.6 is 15.9 Å². The summed E-state index contributed by atoms with van der Waals surface area (Å²) in [5.74, 6) is -0.231. The molecular weight excluding hydrogens is 606 g/mol. The van der Waals surface area contributed by atoms with E-state index in [0.29, 0.717) is 18.0 Å². The average Bonchev–Trinajstić information content (AvgIpc) is 2.90. The smallest absolute Gasteiger partial charge is 0.244 e. The van der Waals surface area contributed by atoms with E-state index in [1.54, 1.807) is 24.3 Å². The van der Waals surface area contributed by atoms with Gasteiger partial charge in [0.15, 0.2) is 0 Å². The Bertz CT molecular complexity index is 1410. The molecule has 0 unspecified atom stereocenters. The van der Waals surface area contributed by atoms with Crippen LogP contribution in [0.2, 0.25) is 0 Å². The van der Waals surface area contributed by atoms with Crippen LogP contribution in [0.15, 0.2) is 83.3 Å². The molecule has 0 saturated heterocycles. The molecule has 3 aromatic carbocycles. The largest absolute Gasteiger partial charge is 0.494 e. The molecule has 0 spiro atoms. The fourth-order valence-electron chi connectivity index (χ4n) is 4.28. The van der Waals surface area contributed by atoms with E-state index >= 15 is 0 Å². The molecule has 41 heavy (non-hydrogen) atoms. The standard InChI is InChI=1S/C31H38BrN3O5S/c1-6-40-27-18-16-26(17-19-27)35(41(5,38)39)22-29(36)34(21-24-12-14-25(32)15-13-24)28(30(37)33-31(2,3)4)20-23-10-8-7-9-11-23/h7-19,28H,6,20-22H2,1-5H3,(H,33,37)/t28-/m0/s1. The van der Waals surface area contributed by atoms with E-state index in [0.717, 1.165) is 26.2 Å². The minimum Gasteiger partial charge on any atom is -0.494 e. The zero-order valence-electron chi connectivity index (χ0n) is 24.1. The van der Waals surface area contributed by atoms with Crippen molar-refractivity contribution in [2.75, 3.05) is 23.7 Å². The van der Waals surface area contributed by atoms with Gasteiger partial charge < -0.3 is 15.0 Å². The highest BCUT2D eigenvalue weighted by atomic mass is 79.9. The summed E-state index contributed by atoms with van der Waals surface area (Å²) in [5.41, 5.74) is 1.46. The van der Waals surface area contributed by atoms with Gasteiger partial charge in [0.25, 0.3) is 0 Å². The van der Waals surface area contributed by atoms with Crippen LogP contribution in [-0.4, -0.2) is 56.1 Å². The number of rotatable bonds is 12. The summed E-state index contributed by atoms with van der Waals surface area (Å²) < 4.78 is 33.3. The van der Waals surface area contributed by atoms with Crippen LogP contribution in [0.4, 0.5) is 5.69 Å². The minimum absolute atomic E-state index is 0.113. The number of benzene rings is 3. The normalized spacial score (nSPS) is 12.3. The van der Waals surface area contributed by atoms with E-state index in [1.807, 2.05) is 82.3 Å². The molecule has 3 aromatic rings. The van der Waals surface area contributed by atoms with E-state index in [1.165, 1.54) is 4.90 Å². The van der Waals surface area contributed by atoms with Gasteiger partial charge in [0.2, 0.25) is 21.8 Å². The van der Waals surface area contributed by atoms with Crippen LogP contribution in [0, 0.1) is 0 Å². The number of hydrogen-bond donors (Lipinski definition) is 1. The molecular formula is C31H38BrN3O5S. The number of sulfonamides is 1. The predicted molar refractivity (Wildman–Crippen MR) is 166 cm³/mol. The Labute approximate surface area is 251 Å². The van der Waals surface area contributed by atoms with Crippen molar-refractivity contribution in [3.05, 3.63) is 94.5 Å². The lowest BCUT2D eigenvalue weighted by Gasteiger charge is -2.35. The van der Waals surface area contributed by atoms with E-state index in [4.69, 9.17) is 4.74 Å². The van der Waals surface area contributed by atoms with Crippen molar-refractivity contribution in [1.29, 1.82) is 0 Å². The first kappa shape index (κ1) is 32.1. The van der Waals surface area contributed by atoms with Gasteiger partial charge in [-0.15, -0.1) is 0 Å². The van der Waals surface area contributed by atoms with Crippen molar-refractivity contribution in [1.82, 2.24) is 10.2 Å². The molecule has 0 heterocycles. The summed E-state index contributed by atoms with van der Waals surface area (Å²) in [4.78, 5) is 29.3. The van der Waals surface area contributed by atoms with Gasteiger partial charge in [0.05, 0.1) is 18.6 Å². The summed E-state index contributed by atoms with van der Waals surface area (Å²) in [5, 5.41) is 3.02. The van der Waals surface area contributed by atoms with Gasteiger partial charge in [-0.1, -0.05) is 58.4 Å². The minimum atomic E-state index is -3.85. The molecule has 0 aromatic heterocycles. The zero-order chi connectivity index (χ0) is 30.2. The maximum absolute atomic E-state index is 14.1. The molecule has 0 radical (unpaired) electrons.